The molecule has 0 N–H and O–H groups in total. The van der Waals surface area contributed by atoms with Crippen LogP contribution >= 0.6 is 11.3 Å². The Labute approximate surface area is 222 Å². The Morgan fingerprint density at radius 2 is 1.97 bits per heavy atom. The van der Waals surface area contributed by atoms with Crippen LogP contribution in [0, 0.1) is 6.92 Å². The number of rotatable bonds is 12. The summed E-state index contributed by atoms with van der Waals surface area (Å²) in [5.41, 5.74) is 2.88. The summed E-state index contributed by atoms with van der Waals surface area (Å²) in [6.45, 7) is 9.91. The quantitative estimate of drug-likeness (QED) is 0.279. The van der Waals surface area contributed by atoms with E-state index in [1.807, 2.05) is 43.5 Å². The molecule has 0 saturated carbocycles. The van der Waals surface area contributed by atoms with Crippen molar-refractivity contribution < 1.29 is 19.1 Å². The third-order valence-corrected chi connectivity index (χ3v) is 7.62. The van der Waals surface area contributed by atoms with Crippen molar-refractivity contribution in [2.45, 2.75) is 65.4 Å². The normalized spacial score (nSPS) is 16.0. The predicted molar refractivity (Wildman–Crippen MR) is 146 cm³/mol. The van der Waals surface area contributed by atoms with E-state index in [0.29, 0.717) is 34.5 Å². The first kappa shape index (κ1) is 26.8. The van der Waals surface area contributed by atoms with Gasteiger partial charge in [-0.25, -0.2) is 9.97 Å². The van der Waals surface area contributed by atoms with Crippen molar-refractivity contribution in [3.63, 3.8) is 0 Å². The maximum absolute atomic E-state index is 12.9. The van der Waals surface area contributed by atoms with Gasteiger partial charge in [-0.05, 0) is 49.9 Å². The second kappa shape index (κ2) is 12.3. The fourth-order valence-corrected chi connectivity index (χ4v) is 5.55. The van der Waals surface area contributed by atoms with Gasteiger partial charge in [0.15, 0.2) is 5.78 Å². The average molecular weight is 522 g/mol. The molecule has 7 nitrogen and oxygen atoms in total. The van der Waals surface area contributed by atoms with Crippen LogP contribution in [0.3, 0.4) is 0 Å². The number of thiazole rings is 1. The summed E-state index contributed by atoms with van der Waals surface area (Å²) in [5, 5.41) is 0.710. The first-order valence-corrected chi connectivity index (χ1v) is 13.7. The van der Waals surface area contributed by atoms with Crippen LogP contribution < -0.4 is 14.4 Å². The molecule has 3 aromatic rings. The molecule has 1 fully saturated rings. The van der Waals surface area contributed by atoms with Crippen LogP contribution in [-0.2, 0) is 11.2 Å². The number of anilines is 1. The van der Waals surface area contributed by atoms with Gasteiger partial charge in [0.2, 0.25) is 5.88 Å². The lowest BCUT2D eigenvalue weighted by Gasteiger charge is -2.19. The van der Waals surface area contributed by atoms with Crippen molar-refractivity contribution in [2.24, 2.45) is 0 Å². The largest absolute Gasteiger partial charge is 0.489 e. The number of aromatic nitrogens is 2. The minimum atomic E-state index is 0.0531. The lowest BCUT2D eigenvalue weighted by molar-refractivity contribution is -0.116. The highest BCUT2D eigenvalue weighted by molar-refractivity contribution is 7.14. The van der Waals surface area contributed by atoms with Crippen LogP contribution in [0.15, 0.2) is 42.6 Å². The van der Waals surface area contributed by atoms with E-state index in [1.165, 1.54) is 18.3 Å². The molecule has 8 heteroatoms. The fourth-order valence-electron chi connectivity index (χ4n) is 4.47. The number of carbonyl (C=O) groups excluding carboxylic acids is 2. The highest BCUT2D eigenvalue weighted by Gasteiger charge is 2.25. The molecular formula is C29H35N3O4S. The number of ketones is 2. The molecule has 1 aliphatic rings. The van der Waals surface area contributed by atoms with Crippen LogP contribution in [0.2, 0.25) is 0 Å². The van der Waals surface area contributed by atoms with Crippen molar-refractivity contribution in [2.75, 3.05) is 24.6 Å². The number of Topliss-reactive ketones (excluding diaryl/α,β-unsaturated/α-hetero) is 2. The molecule has 0 spiro atoms. The molecule has 0 bridgehead atoms. The molecule has 2 atom stereocenters. The van der Waals surface area contributed by atoms with Crippen molar-refractivity contribution in [1.82, 2.24) is 9.97 Å². The van der Waals surface area contributed by atoms with Crippen molar-refractivity contribution in [3.8, 4) is 11.6 Å². The molecule has 3 heterocycles. The number of pyridine rings is 1. The number of aryl methyl sites for hydroxylation is 1. The second-order valence-electron chi connectivity index (χ2n) is 9.68. The fraction of sp³-hybridized carbons (Fsp3) is 0.448. The summed E-state index contributed by atoms with van der Waals surface area (Å²) in [6.07, 6.45) is 4.56. The Balaban J connectivity index is 1.28. The molecular weight excluding hydrogens is 486 g/mol. The molecule has 1 aliphatic heterocycles. The molecule has 0 aliphatic carbocycles. The Hall–Kier alpha value is -3.26. The first-order valence-electron chi connectivity index (χ1n) is 12.9. The van der Waals surface area contributed by atoms with Crippen LogP contribution in [0.25, 0.3) is 0 Å². The molecule has 4 rings (SSSR count). The standard InChI is InChI=1S/C29H35N3O4S/c1-5-14-35-27-11-8-23(17-30-27)32-13-12-25(18-32)36-24-9-6-22(7-10-24)19(2)15-26(34)29-21(4)31-28(37-29)16-20(3)33/h6-11,17,19,25H,5,12-16,18H2,1-4H3/t19-,25-/m1/s1. The van der Waals surface area contributed by atoms with E-state index >= 15 is 0 Å². The second-order valence-corrected chi connectivity index (χ2v) is 10.8. The van der Waals surface area contributed by atoms with Gasteiger partial charge in [-0.3, -0.25) is 9.59 Å². The van der Waals surface area contributed by atoms with Crippen molar-refractivity contribution in [1.29, 1.82) is 0 Å². The Morgan fingerprint density at radius 1 is 1.19 bits per heavy atom. The molecule has 0 radical (unpaired) electrons. The third-order valence-electron chi connectivity index (χ3n) is 6.42. The number of ether oxygens (including phenoxy) is 2. The summed E-state index contributed by atoms with van der Waals surface area (Å²) in [6, 6.07) is 12.0. The Kier molecular flexibility index (Phi) is 8.92. The molecule has 37 heavy (non-hydrogen) atoms. The zero-order chi connectivity index (χ0) is 26.4. The summed E-state index contributed by atoms with van der Waals surface area (Å²) in [5.74, 6) is 1.69. The summed E-state index contributed by atoms with van der Waals surface area (Å²) >= 11 is 1.34. The van der Waals surface area contributed by atoms with E-state index in [1.54, 1.807) is 0 Å². The number of nitrogens with zero attached hydrogens (tertiary/aromatic N) is 3. The van der Waals surface area contributed by atoms with Crippen molar-refractivity contribution >= 4 is 28.6 Å². The summed E-state index contributed by atoms with van der Waals surface area (Å²) < 4.78 is 11.8. The molecule has 1 aromatic carbocycles. The van der Waals surface area contributed by atoms with Crippen LogP contribution in [-0.4, -0.2) is 47.3 Å². The van der Waals surface area contributed by atoms with Gasteiger partial charge in [0.25, 0.3) is 0 Å². The molecule has 2 aromatic heterocycles. The zero-order valence-electron chi connectivity index (χ0n) is 22.0. The monoisotopic (exact) mass is 521 g/mol. The lowest BCUT2D eigenvalue weighted by Crippen LogP contribution is -2.24. The van der Waals surface area contributed by atoms with E-state index < -0.39 is 0 Å². The molecule has 0 amide bonds. The molecule has 0 unspecified atom stereocenters. The van der Waals surface area contributed by atoms with Gasteiger partial charge in [0.05, 0.1) is 42.0 Å². The topological polar surface area (TPSA) is 81.6 Å². The van der Waals surface area contributed by atoms with Gasteiger partial charge in [0.1, 0.15) is 22.6 Å². The summed E-state index contributed by atoms with van der Waals surface area (Å²) in [7, 11) is 0. The maximum Gasteiger partial charge on any atom is 0.213 e. The number of carbonyl (C=O) groups is 2. The van der Waals surface area contributed by atoms with Gasteiger partial charge in [-0.15, -0.1) is 11.3 Å². The minimum absolute atomic E-state index is 0.0531. The SMILES string of the molecule is CCCOc1ccc(N2CC[C@@H](Oc3ccc([C@H](C)CC(=O)c4sc(CC(C)=O)nc4C)cc3)C2)cn1. The average Bonchev–Trinajstić information content (AvgIpc) is 3.49. The third kappa shape index (κ3) is 7.16. The smallest absolute Gasteiger partial charge is 0.213 e. The van der Waals surface area contributed by atoms with Gasteiger partial charge in [0, 0.05) is 25.5 Å². The first-order chi connectivity index (χ1) is 17.8. The lowest BCUT2D eigenvalue weighted by atomic mass is 9.95. The van der Waals surface area contributed by atoms with Gasteiger partial charge in [-0.1, -0.05) is 26.0 Å². The Bertz CT molecular complexity index is 1210. The van der Waals surface area contributed by atoms with Crippen LogP contribution in [0.4, 0.5) is 5.69 Å². The van der Waals surface area contributed by atoms with E-state index in [9.17, 15) is 9.59 Å². The molecule has 196 valence electrons. The zero-order valence-corrected chi connectivity index (χ0v) is 22.8. The number of hydrogen-bond acceptors (Lipinski definition) is 8. The maximum atomic E-state index is 12.9. The van der Waals surface area contributed by atoms with E-state index in [0.717, 1.165) is 42.9 Å². The minimum Gasteiger partial charge on any atom is -0.489 e. The van der Waals surface area contributed by atoms with E-state index in [-0.39, 0.29) is 30.0 Å². The Morgan fingerprint density at radius 3 is 2.65 bits per heavy atom. The van der Waals surface area contributed by atoms with Crippen molar-refractivity contribution in [3.05, 3.63) is 63.7 Å². The number of benzene rings is 1. The van der Waals surface area contributed by atoms with Crippen LogP contribution in [0.5, 0.6) is 11.6 Å². The van der Waals surface area contributed by atoms with Gasteiger partial charge >= 0.3 is 0 Å². The van der Waals surface area contributed by atoms with E-state index in [4.69, 9.17) is 9.47 Å². The summed E-state index contributed by atoms with van der Waals surface area (Å²) in [4.78, 5) is 36.0. The van der Waals surface area contributed by atoms with E-state index in [2.05, 4.69) is 34.8 Å². The van der Waals surface area contributed by atoms with Gasteiger partial charge in [-0.2, -0.15) is 0 Å². The van der Waals surface area contributed by atoms with Crippen LogP contribution in [0.1, 0.15) is 71.9 Å². The highest BCUT2D eigenvalue weighted by Crippen LogP contribution is 2.29. The van der Waals surface area contributed by atoms with Gasteiger partial charge < -0.3 is 14.4 Å². The predicted octanol–water partition coefficient (Wildman–Crippen LogP) is 5.80. The number of hydrogen-bond donors (Lipinski definition) is 0. The molecule has 1 saturated heterocycles. The highest BCUT2D eigenvalue weighted by atomic mass is 32.1.